The van der Waals surface area contributed by atoms with Crippen molar-refractivity contribution in [2.24, 2.45) is 11.1 Å². The molecule has 1 aromatic rings. The highest BCUT2D eigenvalue weighted by atomic mass is 32.2. The minimum absolute atomic E-state index is 0.231. The molecule has 1 fully saturated rings. The predicted octanol–water partition coefficient (Wildman–Crippen LogP) is 0.449. The van der Waals surface area contributed by atoms with Crippen LogP contribution in [0.5, 0.6) is 0 Å². The molecule has 84 valence electrons. The van der Waals surface area contributed by atoms with E-state index in [1.54, 1.807) is 23.0 Å². The molecule has 6 heteroatoms. The first-order valence-electron chi connectivity index (χ1n) is 4.83. The van der Waals surface area contributed by atoms with Gasteiger partial charge in [-0.15, -0.1) is 11.3 Å². The van der Waals surface area contributed by atoms with Gasteiger partial charge in [-0.3, -0.25) is 4.98 Å². The first-order valence-corrected chi connectivity index (χ1v) is 7.53. The molecule has 0 amide bonds. The molecule has 1 unspecified atom stereocenters. The second-order valence-electron chi connectivity index (χ2n) is 4.19. The van der Waals surface area contributed by atoms with Gasteiger partial charge in [0.05, 0.1) is 17.0 Å². The van der Waals surface area contributed by atoms with E-state index in [-0.39, 0.29) is 16.9 Å². The molecule has 0 radical (unpaired) electrons. The third-order valence-corrected chi connectivity index (χ3v) is 5.59. The number of hydrogen-bond acceptors (Lipinski definition) is 5. The van der Waals surface area contributed by atoms with E-state index in [1.165, 1.54) is 0 Å². The van der Waals surface area contributed by atoms with Gasteiger partial charge in [0.1, 0.15) is 0 Å². The lowest BCUT2D eigenvalue weighted by atomic mass is 9.84. The smallest absolute Gasteiger partial charge is 0.150 e. The fourth-order valence-electron chi connectivity index (χ4n) is 2.05. The molecule has 2 N–H and O–H groups in total. The molecular weight excluding hydrogens is 232 g/mol. The quantitative estimate of drug-likeness (QED) is 0.840. The van der Waals surface area contributed by atoms with Crippen LogP contribution in [-0.4, -0.2) is 31.5 Å². The molecule has 15 heavy (non-hydrogen) atoms. The zero-order valence-electron chi connectivity index (χ0n) is 8.35. The van der Waals surface area contributed by atoms with Crippen molar-refractivity contribution >= 4 is 21.2 Å². The largest absolute Gasteiger partial charge is 0.330 e. The van der Waals surface area contributed by atoms with Gasteiger partial charge in [-0.05, 0) is 19.4 Å². The monoisotopic (exact) mass is 246 g/mol. The van der Waals surface area contributed by atoms with Crippen LogP contribution in [0.2, 0.25) is 0 Å². The van der Waals surface area contributed by atoms with E-state index in [2.05, 4.69) is 4.98 Å². The Morgan fingerprint density at radius 1 is 1.60 bits per heavy atom. The Morgan fingerprint density at radius 3 is 2.87 bits per heavy atom. The van der Waals surface area contributed by atoms with Gasteiger partial charge >= 0.3 is 0 Å². The minimum Gasteiger partial charge on any atom is -0.330 e. The molecule has 1 atom stereocenters. The highest BCUT2D eigenvalue weighted by molar-refractivity contribution is 7.91. The Labute approximate surface area is 93.4 Å². The summed E-state index contributed by atoms with van der Waals surface area (Å²) >= 11 is 1.56. The molecule has 1 saturated heterocycles. The summed E-state index contributed by atoms with van der Waals surface area (Å²) in [6.45, 7) is 0.435. The van der Waals surface area contributed by atoms with Crippen molar-refractivity contribution in [2.75, 3.05) is 18.1 Å². The second-order valence-corrected chi connectivity index (χ2v) is 7.35. The van der Waals surface area contributed by atoms with Crippen LogP contribution in [-0.2, 0) is 16.3 Å². The summed E-state index contributed by atoms with van der Waals surface area (Å²) in [5, 5.41) is 0. The molecule has 4 nitrogen and oxygen atoms in total. The molecule has 1 aliphatic rings. The minimum atomic E-state index is -2.86. The first-order chi connectivity index (χ1) is 7.05. The Kier molecular flexibility index (Phi) is 2.83. The molecule has 1 aliphatic heterocycles. The van der Waals surface area contributed by atoms with Crippen LogP contribution in [0.4, 0.5) is 0 Å². The molecular formula is C9H14N2O2S2. The van der Waals surface area contributed by atoms with Gasteiger partial charge in [0.25, 0.3) is 0 Å². The molecule has 0 saturated carbocycles. The Bertz CT molecular complexity index is 427. The number of sulfone groups is 1. The van der Waals surface area contributed by atoms with Gasteiger partial charge in [0.2, 0.25) is 0 Å². The van der Waals surface area contributed by atoms with Crippen LogP contribution >= 0.6 is 11.3 Å². The summed E-state index contributed by atoms with van der Waals surface area (Å²) in [4.78, 5) is 5.12. The third-order valence-electron chi connectivity index (χ3n) is 2.94. The lowest BCUT2D eigenvalue weighted by Gasteiger charge is -2.24. The first kappa shape index (κ1) is 11.0. The van der Waals surface area contributed by atoms with Crippen molar-refractivity contribution in [2.45, 2.75) is 12.8 Å². The van der Waals surface area contributed by atoms with Crippen molar-refractivity contribution < 1.29 is 8.42 Å². The maximum absolute atomic E-state index is 11.5. The van der Waals surface area contributed by atoms with Gasteiger partial charge in [0.15, 0.2) is 9.84 Å². The zero-order chi connectivity index (χ0) is 10.9. The molecule has 2 rings (SSSR count). The van der Waals surface area contributed by atoms with E-state index < -0.39 is 9.84 Å². The van der Waals surface area contributed by atoms with Gasteiger partial charge in [0, 0.05) is 16.5 Å². The highest BCUT2D eigenvalue weighted by Crippen LogP contribution is 2.35. The van der Waals surface area contributed by atoms with E-state index in [9.17, 15) is 8.42 Å². The van der Waals surface area contributed by atoms with E-state index in [0.29, 0.717) is 13.0 Å². The van der Waals surface area contributed by atoms with E-state index in [4.69, 9.17) is 5.73 Å². The topological polar surface area (TPSA) is 73.0 Å². The lowest BCUT2D eigenvalue weighted by Crippen LogP contribution is -2.33. The fourth-order valence-corrected chi connectivity index (χ4v) is 5.01. The Hall–Kier alpha value is -0.460. The summed E-state index contributed by atoms with van der Waals surface area (Å²) in [5.74, 6) is 0.511. The number of aromatic nitrogens is 1. The van der Waals surface area contributed by atoms with Gasteiger partial charge in [-0.25, -0.2) is 8.42 Å². The number of rotatable bonds is 3. The zero-order valence-corrected chi connectivity index (χ0v) is 9.98. The van der Waals surface area contributed by atoms with Crippen LogP contribution in [0.1, 0.15) is 11.3 Å². The lowest BCUT2D eigenvalue weighted by molar-refractivity contribution is 0.347. The predicted molar refractivity (Wildman–Crippen MR) is 60.6 cm³/mol. The molecule has 2 heterocycles. The van der Waals surface area contributed by atoms with E-state index in [1.807, 2.05) is 0 Å². The molecule has 0 aromatic carbocycles. The summed E-state index contributed by atoms with van der Waals surface area (Å²) in [7, 11) is -2.86. The van der Waals surface area contributed by atoms with Gasteiger partial charge in [-0.2, -0.15) is 0 Å². The number of nitrogens with two attached hydrogens (primary N) is 1. The average molecular weight is 246 g/mol. The van der Waals surface area contributed by atoms with Crippen molar-refractivity contribution in [3.63, 3.8) is 0 Å². The Morgan fingerprint density at radius 2 is 2.40 bits per heavy atom. The Balaban J connectivity index is 2.17. The second kappa shape index (κ2) is 3.84. The van der Waals surface area contributed by atoms with Crippen LogP contribution in [0.3, 0.4) is 0 Å². The number of hydrogen-bond donors (Lipinski definition) is 1. The molecule has 0 spiro atoms. The average Bonchev–Trinajstić information content (AvgIpc) is 2.75. The van der Waals surface area contributed by atoms with Crippen molar-refractivity contribution in [1.29, 1.82) is 0 Å². The third kappa shape index (κ3) is 2.38. The van der Waals surface area contributed by atoms with Crippen LogP contribution in [0.15, 0.2) is 11.7 Å². The van der Waals surface area contributed by atoms with Crippen LogP contribution in [0, 0.1) is 5.41 Å². The normalized spacial score (nSPS) is 29.4. The molecule has 0 bridgehead atoms. The van der Waals surface area contributed by atoms with Gasteiger partial charge < -0.3 is 5.73 Å². The summed E-state index contributed by atoms with van der Waals surface area (Å²) in [6, 6.07) is 0. The van der Waals surface area contributed by atoms with Crippen molar-refractivity contribution in [3.8, 4) is 0 Å². The van der Waals surface area contributed by atoms with Crippen molar-refractivity contribution in [1.82, 2.24) is 4.98 Å². The maximum atomic E-state index is 11.5. The molecule has 0 aliphatic carbocycles. The number of thiazole rings is 1. The maximum Gasteiger partial charge on any atom is 0.150 e. The summed E-state index contributed by atoms with van der Waals surface area (Å²) in [5.41, 5.74) is 7.25. The van der Waals surface area contributed by atoms with Gasteiger partial charge in [-0.1, -0.05) is 0 Å². The van der Waals surface area contributed by atoms with E-state index >= 15 is 0 Å². The fraction of sp³-hybridized carbons (Fsp3) is 0.667. The number of nitrogens with zero attached hydrogens (tertiary/aromatic N) is 1. The summed E-state index contributed by atoms with van der Waals surface area (Å²) < 4.78 is 22.9. The van der Waals surface area contributed by atoms with Crippen molar-refractivity contribution in [3.05, 3.63) is 16.6 Å². The van der Waals surface area contributed by atoms with Crippen LogP contribution in [0.25, 0.3) is 0 Å². The van der Waals surface area contributed by atoms with Crippen LogP contribution < -0.4 is 5.73 Å². The molecule has 1 aromatic heterocycles. The van der Waals surface area contributed by atoms with E-state index in [0.717, 1.165) is 11.3 Å². The highest BCUT2D eigenvalue weighted by Gasteiger charge is 2.41. The summed E-state index contributed by atoms with van der Waals surface area (Å²) in [6.07, 6.45) is 3.23. The SMILES string of the molecule is NCC1(Cc2cncs2)CCS(=O)(=O)C1. The standard InChI is InChI=1S/C9H14N2O2S2/c10-5-9(1-2-15(12,13)6-9)3-8-4-11-7-14-8/h4,7H,1-3,5-6,10H2.